The van der Waals surface area contributed by atoms with E-state index in [1.807, 2.05) is 0 Å². The predicted octanol–water partition coefficient (Wildman–Crippen LogP) is 2.14. The largest absolute Gasteiger partial charge is 0.310 e. The van der Waals surface area contributed by atoms with E-state index < -0.39 is 12.1 Å². The molecule has 0 aromatic carbocycles. The Hall–Kier alpha value is -0.970. The second kappa shape index (κ2) is 3.65. The Bertz CT molecular complexity index is 372. The average Bonchev–Trinajstić information content (AvgIpc) is 2.82. The predicted molar refractivity (Wildman–Crippen MR) is 53.6 cm³/mol. The molecule has 5 heteroatoms. The first-order valence-corrected chi connectivity index (χ1v) is 5.02. The molecule has 1 saturated carbocycles. The summed E-state index contributed by atoms with van der Waals surface area (Å²) in [6.07, 6.45) is 0.932. The van der Waals surface area contributed by atoms with Gasteiger partial charge in [-0.1, -0.05) is 15.9 Å². The van der Waals surface area contributed by atoms with Gasteiger partial charge in [-0.3, -0.25) is 4.79 Å². The number of hydrogen-bond acceptors (Lipinski definition) is 2. The van der Waals surface area contributed by atoms with Gasteiger partial charge >= 0.3 is 0 Å². The minimum atomic E-state index is -0.970. The van der Waals surface area contributed by atoms with Crippen LogP contribution in [0.2, 0.25) is 0 Å². The van der Waals surface area contributed by atoms with E-state index in [1.54, 1.807) is 18.3 Å². The number of carbonyl (C=O) groups is 1. The lowest BCUT2D eigenvalue weighted by molar-refractivity contribution is -0.117. The topological polar surface area (TPSA) is 42.0 Å². The van der Waals surface area contributed by atoms with Crippen molar-refractivity contribution in [2.24, 2.45) is 5.92 Å². The van der Waals surface area contributed by atoms with E-state index in [1.165, 1.54) is 0 Å². The molecule has 1 heterocycles. The van der Waals surface area contributed by atoms with Gasteiger partial charge in [0.2, 0.25) is 5.91 Å². The number of nitrogens with zero attached hydrogens (tertiary/aromatic N) is 1. The summed E-state index contributed by atoms with van der Waals surface area (Å²) < 4.78 is 13.3. The number of aromatic nitrogens is 1. The molecule has 2 rings (SSSR count). The van der Waals surface area contributed by atoms with Crippen molar-refractivity contribution < 1.29 is 9.18 Å². The molecule has 0 radical (unpaired) electrons. The Morgan fingerprint density at radius 2 is 2.43 bits per heavy atom. The second-order valence-electron chi connectivity index (χ2n) is 3.21. The van der Waals surface area contributed by atoms with Gasteiger partial charge in [-0.05, 0) is 18.6 Å². The molecule has 1 amide bonds. The minimum absolute atomic E-state index is 0.289. The van der Waals surface area contributed by atoms with E-state index in [4.69, 9.17) is 0 Å². The molecular weight excluding hydrogens is 251 g/mol. The number of carbonyl (C=O) groups excluding carboxylic acids is 1. The molecule has 0 bridgehead atoms. The van der Waals surface area contributed by atoms with E-state index in [0.29, 0.717) is 12.2 Å². The quantitative estimate of drug-likeness (QED) is 0.884. The Labute approximate surface area is 88.8 Å². The average molecular weight is 259 g/mol. The van der Waals surface area contributed by atoms with Gasteiger partial charge in [0, 0.05) is 10.7 Å². The van der Waals surface area contributed by atoms with E-state index in [2.05, 4.69) is 26.2 Å². The minimum Gasteiger partial charge on any atom is -0.310 e. The van der Waals surface area contributed by atoms with Crippen molar-refractivity contribution in [1.82, 2.24) is 4.98 Å². The maximum Gasteiger partial charge on any atom is 0.231 e. The van der Waals surface area contributed by atoms with Crippen molar-refractivity contribution in [3.05, 3.63) is 22.8 Å². The van der Waals surface area contributed by atoms with E-state index in [-0.39, 0.29) is 5.91 Å². The Morgan fingerprint density at radius 3 is 3.00 bits per heavy atom. The van der Waals surface area contributed by atoms with Crippen molar-refractivity contribution >= 4 is 27.7 Å². The molecule has 1 fully saturated rings. The van der Waals surface area contributed by atoms with Gasteiger partial charge in [-0.2, -0.15) is 0 Å². The van der Waals surface area contributed by atoms with E-state index in [0.717, 1.165) is 4.47 Å². The molecule has 0 unspecified atom stereocenters. The SMILES string of the molecule is O=C(Nc1cc(Br)ccn1)[C@@H]1C[C@@H]1F. The Morgan fingerprint density at radius 1 is 1.71 bits per heavy atom. The number of nitrogens with one attached hydrogen (secondary N) is 1. The third kappa shape index (κ3) is 2.09. The van der Waals surface area contributed by atoms with Crippen LogP contribution in [0.1, 0.15) is 6.42 Å². The summed E-state index contributed by atoms with van der Waals surface area (Å²) in [5, 5.41) is 2.56. The Kier molecular flexibility index (Phi) is 2.50. The molecule has 1 aliphatic rings. The molecule has 1 aromatic rings. The van der Waals surface area contributed by atoms with Crippen LogP contribution in [-0.4, -0.2) is 17.1 Å². The standard InChI is InChI=1S/C9H8BrFN2O/c10-5-1-2-12-8(3-5)13-9(14)6-4-7(6)11/h1-3,6-7H,4H2,(H,12,13,14)/t6-,7+/m1/s1. The smallest absolute Gasteiger partial charge is 0.231 e. The third-order valence-corrected chi connectivity index (χ3v) is 2.52. The van der Waals surface area contributed by atoms with Crippen molar-refractivity contribution in [2.45, 2.75) is 12.6 Å². The van der Waals surface area contributed by atoms with Crippen LogP contribution in [0.5, 0.6) is 0 Å². The highest BCUT2D eigenvalue weighted by molar-refractivity contribution is 9.10. The van der Waals surface area contributed by atoms with Crippen LogP contribution in [-0.2, 0) is 4.79 Å². The first-order valence-electron chi connectivity index (χ1n) is 4.23. The monoisotopic (exact) mass is 258 g/mol. The zero-order valence-electron chi connectivity index (χ0n) is 7.21. The third-order valence-electron chi connectivity index (χ3n) is 2.02. The van der Waals surface area contributed by atoms with Crippen LogP contribution in [0.25, 0.3) is 0 Å². The molecular formula is C9H8BrFN2O. The van der Waals surface area contributed by atoms with Crippen molar-refractivity contribution in [2.75, 3.05) is 5.32 Å². The van der Waals surface area contributed by atoms with Gasteiger partial charge in [-0.15, -0.1) is 0 Å². The first kappa shape index (κ1) is 9.58. The number of halogens is 2. The number of rotatable bonds is 2. The number of hydrogen-bond donors (Lipinski definition) is 1. The van der Waals surface area contributed by atoms with Crippen LogP contribution < -0.4 is 5.32 Å². The normalized spacial score (nSPS) is 24.4. The van der Waals surface area contributed by atoms with Crippen molar-refractivity contribution in [3.63, 3.8) is 0 Å². The van der Waals surface area contributed by atoms with E-state index >= 15 is 0 Å². The lowest BCUT2D eigenvalue weighted by atomic mass is 10.4. The van der Waals surface area contributed by atoms with Crippen LogP contribution in [0.4, 0.5) is 10.2 Å². The van der Waals surface area contributed by atoms with Gasteiger partial charge < -0.3 is 5.32 Å². The fourth-order valence-corrected chi connectivity index (χ4v) is 1.46. The highest BCUT2D eigenvalue weighted by Crippen LogP contribution is 2.34. The van der Waals surface area contributed by atoms with E-state index in [9.17, 15) is 9.18 Å². The summed E-state index contributed by atoms with van der Waals surface area (Å²) in [6.45, 7) is 0. The molecule has 2 atom stereocenters. The summed E-state index contributed by atoms with van der Waals surface area (Å²) >= 11 is 3.25. The fraction of sp³-hybridized carbons (Fsp3) is 0.333. The molecule has 1 aromatic heterocycles. The maximum absolute atomic E-state index is 12.5. The van der Waals surface area contributed by atoms with Gasteiger partial charge in [0.25, 0.3) is 0 Å². The van der Waals surface area contributed by atoms with Crippen LogP contribution in [0.3, 0.4) is 0 Å². The Balaban J connectivity index is 2.00. The molecule has 1 aliphatic carbocycles. The number of anilines is 1. The molecule has 0 aliphatic heterocycles. The molecule has 1 N–H and O–H groups in total. The van der Waals surface area contributed by atoms with Crippen LogP contribution in [0.15, 0.2) is 22.8 Å². The highest BCUT2D eigenvalue weighted by atomic mass is 79.9. The van der Waals surface area contributed by atoms with Gasteiger partial charge in [0.05, 0.1) is 5.92 Å². The fourth-order valence-electron chi connectivity index (χ4n) is 1.13. The number of amides is 1. The summed E-state index contributed by atoms with van der Waals surface area (Å²) in [4.78, 5) is 15.2. The summed E-state index contributed by atoms with van der Waals surface area (Å²) in [5.41, 5.74) is 0. The van der Waals surface area contributed by atoms with Crippen molar-refractivity contribution in [1.29, 1.82) is 0 Å². The zero-order valence-corrected chi connectivity index (χ0v) is 8.79. The van der Waals surface area contributed by atoms with Crippen LogP contribution in [0, 0.1) is 5.92 Å². The lowest BCUT2D eigenvalue weighted by Gasteiger charge is -2.02. The molecule has 0 spiro atoms. The molecule has 74 valence electrons. The second-order valence-corrected chi connectivity index (χ2v) is 4.12. The molecule has 3 nitrogen and oxygen atoms in total. The summed E-state index contributed by atoms with van der Waals surface area (Å²) in [6, 6.07) is 3.43. The van der Waals surface area contributed by atoms with Gasteiger partial charge in [0.15, 0.2) is 0 Å². The highest BCUT2D eigenvalue weighted by Gasteiger charge is 2.43. The molecule has 0 saturated heterocycles. The molecule has 14 heavy (non-hydrogen) atoms. The van der Waals surface area contributed by atoms with Crippen LogP contribution >= 0.6 is 15.9 Å². The summed E-state index contributed by atoms with van der Waals surface area (Å²) in [7, 11) is 0. The lowest BCUT2D eigenvalue weighted by Crippen LogP contribution is -2.15. The van der Waals surface area contributed by atoms with Gasteiger partial charge in [0.1, 0.15) is 12.0 Å². The number of pyridine rings is 1. The first-order chi connectivity index (χ1) is 6.66. The maximum atomic E-state index is 12.5. The van der Waals surface area contributed by atoms with Crippen molar-refractivity contribution in [3.8, 4) is 0 Å². The number of alkyl halides is 1. The van der Waals surface area contributed by atoms with Gasteiger partial charge in [-0.25, -0.2) is 9.37 Å². The zero-order chi connectivity index (χ0) is 10.1. The summed E-state index contributed by atoms with van der Waals surface area (Å²) in [5.74, 6) is -0.317.